The molecule has 2 atom stereocenters. The van der Waals surface area contributed by atoms with E-state index in [2.05, 4.69) is 0 Å². The number of halogens is 1. The number of ether oxygens (including phenoxy) is 1. The lowest BCUT2D eigenvalue weighted by atomic mass is 9.89. The molecule has 1 aromatic rings. The van der Waals surface area contributed by atoms with Crippen molar-refractivity contribution in [2.24, 2.45) is 5.92 Å². The van der Waals surface area contributed by atoms with Crippen molar-refractivity contribution in [3.63, 3.8) is 0 Å². The van der Waals surface area contributed by atoms with Crippen LogP contribution in [-0.4, -0.2) is 40.8 Å². The molecule has 0 saturated carbocycles. The first kappa shape index (κ1) is 16.6. The van der Waals surface area contributed by atoms with Gasteiger partial charge in [0, 0.05) is 24.0 Å². The van der Waals surface area contributed by atoms with Crippen LogP contribution in [0, 0.1) is 5.92 Å². The molecule has 0 spiro atoms. The highest BCUT2D eigenvalue weighted by Gasteiger charge is 2.41. The van der Waals surface area contributed by atoms with E-state index < -0.39 is 23.6 Å². The smallest absolute Gasteiger partial charge is 0.410 e. The molecule has 1 amide bonds. The molecule has 1 heterocycles. The van der Waals surface area contributed by atoms with Crippen LogP contribution in [0.5, 0.6) is 0 Å². The van der Waals surface area contributed by atoms with Crippen molar-refractivity contribution in [1.82, 2.24) is 4.90 Å². The molecule has 1 aromatic carbocycles. The van der Waals surface area contributed by atoms with E-state index in [1.54, 1.807) is 39.0 Å². The van der Waals surface area contributed by atoms with Gasteiger partial charge in [-0.1, -0.05) is 23.7 Å². The molecule has 0 radical (unpaired) electrons. The molecule has 1 aliphatic heterocycles. The molecule has 0 unspecified atom stereocenters. The van der Waals surface area contributed by atoms with Gasteiger partial charge in [0.2, 0.25) is 0 Å². The number of amides is 1. The van der Waals surface area contributed by atoms with Gasteiger partial charge in [0.15, 0.2) is 0 Å². The quantitative estimate of drug-likeness (QED) is 0.905. The summed E-state index contributed by atoms with van der Waals surface area (Å²) in [5.41, 5.74) is 0.218. The largest absolute Gasteiger partial charge is 0.481 e. The molecule has 120 valence electrons. The lowest BCUT2D eigenvalue weighted by molar-refractivity contribution is -0.141. The number of hydrogen-bond donors (Lipinski definition) is 1. The van der Waals surface area contributed by atoms with E-state index in [0.29, 0.717) is 11.6 Å². The topological polar surface area (TPSA) is 66.8 Å². The summed E-state index contributed by atoms with van der Waals surface area (Å²) in [5.74, 6) is -1.87. The monoisotopic (exact) mass is 325 g/mol. The molecular weight excluding hydrogens is 306 g/mol. The van der Waals surface area contributed by atoms with Crippen LogP contribution in [0.4, 0.5) is 4.79 Å². The zero-order valence-corrected chi connectivity index (χ0v) is 13.6. The Hall–Kier alpha value is -1.75. The number of aliphatic carboxylic acids is 1. The number of carbonyl (C=O) groups is 2. The number of likely N-dealkylation sites (tertiary alicyclic amines) is 1. The van der Waals surface area contributed by atoms with Gasteiger partial charge in [-0.15, -0.1) is 0 Å². The summed E-state index contributed by atoms with van der Waals surface area (Å²) in [7, 11) is 0. The summed E-state index contributed by atoms with van der Waals surface area (Å²) in [6, 6.07) is 7.11. The van der Waals surface area contributed by atoms with E-state index in [-0.39, 0.29) is 12.5 Å². The van der Waals surface area contributed by atoms with Gasteiger partial charge in [-0.25, -0.2) is 4.79 Å². The molecule has 6 heteroatoms. The SMILES string of the molecule is CC(C)(C)OC(=O)N1C[C@H](c2cccc(Cl)c2)[C@H](C(=O)O)C1. The zero-order valence-electron chi connectivity index (χ0n) is 12.9. The minimum absolute atomic E-state index is 0.140. The lowest BCUT2D eigenvalue weighted by Crippen LogP contribution is -2.35. The summed E-state index contributed by atoms with van der Waals surface area (Å²) in [6.45, 7) is 5.80. The standard InChI is InChI=1S/C16H20ClNO4/c1-16(2,3)22-15(21)18-8-12(13(9-18)14(19)20)10-5-4-6-11(17)7-10/h4-7,12-13H,8-9H2,1-3H3,(H,19,20)/t12-,13-/m1/s1. The average molecular weight is 326 g/mol. The Bertz CT molecular complexity index is 582. The van der Waals surface area contributed by atoms with Crippen LogP contribution >= 0.6 is 11.6 Å². The molecule has 1 saturated heterocycles. The molecule has 5 nitrogen and oxygen atoms in total. The fourth-order valence-electron chi connectivity index (χ4n) is 2.60. The Balaban J connectivity index is 2.20. The molecule has 0 bridgehead atoms. The maximum Gasteiger partial charge on any atom is 0.410 e. The predicted octanol–water partition coefficient (Wildman–Crippen LogP) is 3.38. The fraction of sp³-hybridized carbons (Fsp3) is 0.500. The highest BCUT2D eigenvalue weighted by atomic mass is 35.5. The molecule has 2 rings (SSSR count). The first-order valence-corrected chi connectivity index (χ1v) is 7.51. The summed E-state index contributed by atoms with van der Waals surface area (Å²) in [4.78, 5) is 25.1. The van der Waals surface area contributed by atoms with E-state index >= 15 is 0 Å². The van der Waals surface area contributed by atoms with Crippen molar-refractivity contribution in [3.8, 4) is 0 Å². The highest BCUT2D eigenvalue weighted by Crippen LogP contribution is 2.34. The van der Waals surface area contributed by atoms with Crippen molar-refractivity contribution in [1.29, 1.82) is 0 Å². The molecule has 22 heavy (non-hydrogen) atoms. The Labute approximate surface area is 134 Å². The third kappa shape index (κ3) is 3.91. The van der Waals surface area contributed by atoms with Gasteiger partial charge >= 0.3 is 12.1 Å². The van der Waals surface area contributed by atoms with E-state index in [0.717, 1.165) is 5.56 Å². The van der Waals surface area contributed by atoms with Gasteiger partial charge in [0.25, 0.3) is 0 Å². The fourth-order valence-corrected chi connectivity index (χ4v) is 2.80. The molecule has 1 fully saturated rings. The second-order valence-corrected chi connectivity index (χ2v) is 6.93. The maximum atomic E-state index is 12.2. The van der Waals surface area contributed by atoms with Crippen molar-refractivity contribution in [2.45, 2.75) is 32.3 Å². The van der Waals surface area contributed by atoms with Crippen LogP contribution in [0.15, 0.2) is 24.3 Å². The lowest BCUT2D eigenvalue weighted by Gasteiger charge is -2.24. The maximum absolute atomic E-state index is 12.2. The first-order chi connectivity index (χ1) is 10.2. The van der Waals surface area contributed by atoms with E-state index in [9.17, 15) is 14.7 Å². The summed E-state index contributed by atoms with van der Waals surface area (Å²) < 4.78 is 5.33. The molecule has 1 N–H and O–H groups in total. The Kier molecular flexibility index (Phi) is 4.66. The van der Waals surface area contributed by atoms with Crippen molar-refractivity contribution < 1.29 is 19.4 Å². The Morgan fingerprint density at radius 2 is 2.00 bits per heavy atom. The van der Waals surface area contributed by atoms with Gasteiger partial charge < -0.3 is 14.7 Å². The first-order valence-electron chi connectivity index (χ1n) is 7.13. The number of hydrogen-bond acceptors (Lipinski definition) is 3. The van der Waals surface area contributed by atoms with Crippen LogP contribution in [0.3, 0.4) is 0 Å². The highest BCUT2D eigenvalue weighted by molar-refractivity contribution is 6.30. The van der Waals surface area contributed by atoms with E-state index in [1.165, 1.54) is 4.90 Å². The zero-order chi connectivity index (χ0) is 16.5. The minimum Gasteiger partial charge on any atom is -0.481 e. The second kappa shape index (κ2) is 6.16. The van der Waals surface area contributed by atoms with Gasteiger partial charge in [-0.05, 0) is 38.5 Å². The van der Waals surface area contributed by atoms with Crippen LogP contribution < -0.4 is 0 Å². The van der Waals surface area contributed by atoms with Gasteiger partial charge in [0.05, 0.1) is 5.92 Å². The molecular formula is C16H20ClNO4. The Morgan fingerprint density at radius 1 is 1.32 bits per heavy atom. The van der Waals surface area contributed by atoms with Crippen molar-refractivity contribution in [3.05, 3.63) is 34.9 Å². The molecule has 0 aliphatic carbocycles. The molecule has 1 aliphatic rings. The van der Waals surface area contributed by atoms with Gasteiger partial charge in [-0.3, -0.25) is 4.79 Å². The van der Waals surface area contributed by atoms with E-state index in [1.807, 2.05) is 6.07 Å². The number of carboxylic acid groups (broad SMARTS) is 1. The summed E-state index contributed by atoms with van der Waals surface area (Å²) >= 11 is 5.98. The number of benzene rings is 1. The van der Waals surface area contributed by atoms with Gasteiger partial charge in [0.1, 0.15) is 5.60 Å². The summed E-state index contributed by atoms with van der Waals surface area (Å²) in [6.07, 6.45) is -0.483. The number of carboxylic acids is 1. The minimum atomic E-state index is -0.920. The number of carbonyl (C=O) groups excluding carboxylic acids is 1. The second-order valence-electron chi connectivity index (χ2n) is 6.49. The predicted molar refractivity (Wildman–Crippen MR) is 83.1 cm³/mol. The third-order valence-corrected chi connectivity index (χ3v) is 3.80. The van der Waals surface area contributed by atoms with Crippen LogP contribution in [0.1, 0.15) is 32.3 Å². The molecule has 0 aromatic heterocycles. The van der Waals surface area contributed by atoms with E-state index in [4.69, 9.17) is 16.3 Å². The third-order valence-electron chi connectivity index (χ3n) is 3.57. The summed E-state index contributed by atoms with van der Waals surface area (Å²) in [5, 5.41) is 9.99. The van der Waals surface area contributed by atoms with Crippen molar-refractivity contribution >= 4 is 23.7 Å². The van der Waals surface area contributed by atoms with Gasteiger partial charge in [-0.2, -0.15) is 0 Å². The average Bonchev–Trinajstić information content (AvgIpc) is 2.82. The normalized spacial score (nSPS) is 21.7. The van der Waals surface area contributed by atoms with Crippen LogP contribution in [0.25, 0.3) is 0 Å². The number of rotatable bonds is 2. The Morgan fingerprint density at radius 3 is 2.55 bits per heavy atom. The van der Waals surface area contributed by atoms with Crippen LogP contribution in [0.2, 0.25) is 5.02 Å². The van der Waals surface area contributed by atoms with Crippen molar-refractivity contribution in [2.75, 3.05) is 13.1 Å². The number of nitrogens with zero attached hydrogens (tertiary/aromatic N) is 1. The van der Waals surface area contributed by atoms with Crippen LogP contribution in [-0.2, 0) is 9.53 Å².